The normalized spacial score (nSPS) is 11.8. The van der Waals surface area contributed by atoms with Crippen molar-refractivity contribution in [3.05, 3.63) is 0 Å². The molecule has 0 saturated heterocycles. The van der Waals surface area contributed by atoms with Gasteiger partial charge in [0.1, 0.15) is 0 Å². The van der Waals surface area contributed by atoms with Gasteiger partial charge in [0, 0.05) is 26.0 Å². The minimum atomic E-state index is 0.0264. The van der Waals surface area contributed by atoms with E-state index >= 15 is 0 Å². The maximum absolute atomic E-state index is 12.5. The molecule has 0 spiro atoms. The summed E-state index contributed by atoms with van der Waals surface area (Å²) in [5, 5.41) is 0. The molecule has 0 rings (SSSR count). The predicted octanol–water partition coefficient (Wildman–Crippen LogP) is 15.0. The highest BCUT2D eigenvalue weighted by Crippen LogP contribution is 2.23. The van der Waals surface area contributed by atoms with Crippen LogP contribution in [0.5, 0.6) is 0 Å². The highest BCUT2D eigenvalue weighted by molar-refractivity contribution is 5.70. The van der Waals surface area contributed by atoms with Crippen molar-refractivity contribution in [3.8, 4) is 0 Å². The first-order valence-corrected chi connectivity index (χ1v) is 25.1. The third-order valence-corrected chi connectivity index (χ3v) is 12.0. The van der Waals surface area contributed by atoms with Gasteiger partial charge in [-0.15, -0.1) is 0 Å². The van der Waals surface area contributed by atoms with Gasteiger partial charge in [-0.1, -0.05) is 183 Å². The Labute approximate surface area is 350 Å². The van der Waals surface area contributed by atoms with Crippen LogP contribution in [0.15, 0.2) is 0 Å². The molecule has 0 aliphatic heterocycles. The molecule has 0 aromatic rings. The van der Waals surface area contributed by atoms with Crippen molar-refractivity contribution in [1.82, 2.24) is 4.90 Å². The molecule has 0 aromatic carbocycles. The summed E-state index contributed by atoms with van der Waals surface area (Å²) in [5.41, 5.74) is 0. The molecule has 0 atom stereocenters. The van der Waals surface area contributed by atoms with Crippen LogP contribution in [0.2, 0.25) is 0 Å². The number of carbonyl (C=O) groups excluding carboxylic acids is 2. The second-order valence-corrected chi connectivity index (χ2v) is 17.3. The van der Waals surface area contributed by atoms with Crippen molar-refractivity contribution < 1.29 is 23.8 Å². The fourth-order valence-corrected chi connectivity index (χ4v) is 8.14. The van der Waals surface area contributed by atoms with E-state index in [0.717, 1.165) is 58.3 Å². The van der Waals surface area contributed by atoms with Crippen LogP contribution >= 0.6 is 0 Å². The van der Waals surface area contributed by atoms with Crippen LogP contribution in [-0.2, 0) is 23.8 Å². The first-order valence-electron chi connectivity index (χ1n) is 25.1. The molecule has 6 nitrogen and oxygen atoms in total. The van der Waals surface area contributed by atoms with Gasteiger partial charge in [-0.2, -0.15) is 0 Å². The molecule has 56 heavy (non-hydrogen) atoms. The van der Waals surface area contributed by atoms with Gasteiger partial charge in [0.25, 0.3) is 0 Å². The third kappa shape index (κ3) is 37.2. The van der Waals surface area contributed by atoms with E-state index in [2.05, 4.69) is 46.4 Å². The van der Waals surface area contributed by atoms with Crippen LogP contribution in [0.3, 0.4) is 0 Å². The van der Waals surface area contributed by atoms with Crippen LogP contribution in [0.4, 0.5) is 0 Å². The second-order valence-electron chi connectivity index (χ2n) is 17.3. The van der Waals surface area contributed by atoms with E-state index in [1.807, 2.05) is 0 Å². The molecule has 0 fully saturated rings. The van der Waals surface area contributed by atoms with Crippen LogP contribution in [0.25, 0.3) is 0 Å². The average Bonchev–Trinajstić information content (AvgIpc) is 3.19. The van der Waals surface area contributed by atoms with E-state index < -0.39 is 0 Å². The Morgan fingerprint density at radius 3 is 1.09 bits per heavy atom. The Morgan fingerprint density at radius 2 is 0.732 bits per heavy atom. The number of nitrogens with zero attached hydrogens (tertiary/aromatic N) is 1. The maximum Gasteiger partial charge on any atom is 0.306 e. The zero-order valence-corrected chi connectivity index (χ0v) is 38.8. The van der Waals surface area contributed by atoms with E-state index in [1.165, 1.54) is 167 Å². The van der Waals surface area contributed by atoms with Gasteiger partial charge in [0.2, 0.25) is 0 Å². The van der Waals surface area contributed by atoms with E-state index in [9.17, 15) is 9.59 Å². The van der Waals surface area contributed by atoms with Crippen LogP contribution in [0.1, 0.15) is 253 Å². The van der Waals surface area contributed by atoms with Crippen LogP contribution in [0, 0.1) is 11.8 Å². The summed E-state index contributed by atoms with van der Waals surface area (Å²) < 4.78 is 17.8. The Bertz CT molecular complexity index is 741. The molecule has 0 heterocycles. The molecule has 6 heteroatoms. The first kappa shape index (κ1) is 54.9. The molecular formula is C50H99NO5. The number of hydrogen-bond donors (Lipinski definition) is 0. The number of esters is 2. The Kier molecular flexibility index (Phi) is 42.6. The first-order chi connectivity index (χ1) is 27.4. The standard InChI is InChI=1S/C50H99NO5/c1-7-13-25-34-46(35-26-14-8-2)44-49(52)55-41-31-23-19-17-21-29-38-48(54-43-33-40-51(11-5)12-6)39-30-22-18-20-24-32-42-56-50(53)45-47(36-27-15-9-3)37-28-16-10-4/h46-48H,7-45H2,1-6H3. The van der Waals surface area contributed by atoms with Crippen molar-refractivity contribution in [2.75, 3.05) is 39.5 Å². The molecule has 334 valence electrons. The van der Waals surface area contributed by atoms with Crippen molar-refractivity contribution in [3.63, 3.8) is 0 Å². The minimum Gasteiger partial charge on any atom is -0.466 e. The van der Waals surface area contributed by atoms with Gasteiger partial charge in [-0.05, 0) is 82.7 Å². The highest BCUT2D eigenvalue weighted by Gasteiger charge is 2.16. The van der Waals surface area contributed by atoms with Gasteiger partial charge in [0.05, 0.1) is 19.3 Å². The predicted molar refractivity (Wildman–Crippen MR) is 241 cm³/mol. The SMILES string of the molecule is CCCCCC(CCCCC)CC(=O)OCCCCCCCCC(CCCCCCCCOC(=O)CC(CCCCC)CCCCC)OCCCN(CC)CC. The van der Waals surface area contributed by atoms with Crippen molar-refractivity contribution in [1.29, 1.82) is 0 Å². The minimum absolute atomic E-state index is 0.0264. The maximum atomic E-state index is 12.5. The lowest BCUT2D eigenvalue weighted by Crippen LogP contribution is -2.25. The van der Waals surface area contributed by atoms with E-state index in [-0.39, 0.29) is 11.9 Å². The number of hydrogen-bond acceptors (Lipinski definition) is 6. The number of carbonyl (C=O) groups is 2. The molecule has 0 amide bonds. The summed E-state index contributed by atoms with van der Waals surface area (Å²) in [6, 6.07) is 0. The molecule has 0 saturated carbocycles. The summed E-state index contributed by atoms with van der Waals surface area (Å²) in [4.78, 5) is 27.6. The second kappa shape index (κ2) is 43.4. The van der Waals surface area contributed by atoms with Crippen molar-refractivity contribution >= 4 is 11.9 Å². The molecule has 0 bridgehead atoms. The smallest absolute Gasteiger partial charge is 0.306 e. The Balaban J connectivity index is 4.28. The zero-order chi connectivity index (χ0) is 41.2. The van der Waals surface area contributed by atoms with E-state index in [1.54, 1.807) is 0 Å². The monoisotopic (exact) mass is 794 g/mol. The van der Waals surface area contributed by atoms with Gasteiger partial charge in [0.15, 0.2) is 0 Å². The fraction of sp³-hybridized carbons (Fsp3) is 0.960. The van der Waals surface area contributed by atoms with Crippen LogP contribution < -0.4 is 0 Å². The highest BCUT2D eigenvalue weighted by atomic mass is 16.5. The summed E-state index contributed by atoms with van der Waals surface area (Å²) in [5.74, 6) is 1.07. The number of rotatable bonds is 45. The quantitative estimate of drug-likeness (QED) is 0.0452. The number of ether oxygens (including phenoxy) is 3. The van der Waals surface area contributed by atoms with Crippen LogP contribution in [-0.4, -0.2) is 62.4 Å². The largest absolute Gasteiger partial charge is 0.466 e. The lowest BCUT2D eigenvalue weighted by molar-refractivity contribution is -0.146. The fourth-order valence-electron chi connectivity index (χ4n) is 8.14. The van der Waals surface area contributed by atoms with Crippen molar-refractivity contribution in [2.45, 2.75) is 260 Å². The lowest BCUT2D eigenvalue weighted by atomic mass is 9.92. The zero-order valence-electron chi connectivity index (χ0n) is 38.8. The van der Waals surface area contributed by atoms with Gasteiger partial charge < -0.3 is 19.1 Å². The molecule has 0 aliphatic carbocycles. The van der Waals surface area contributed by atoms with Gasteiger partial charge in [-0.3, -0.25) is 9.59 Å². The molecule has 0 aliphatic rings. The Hall–Kier alpha value is -1.14. The Morgan fingerprint density at radius 1 is 0.393 bits per heavy atom. The average molecular weight is 794 g/mol. The summed E-state index contributed by atoms with van der Waals surface area (Å²) in [6.07, 6.45) is 39.0. The topological polar surface area (TPSA) is 65.1 Å². The van der Waals surface area contributed by atoms with Gasteiger partial charge >= 0.3 is 11.9 Å². The van der Waals surface area contributed by atoms with E-state index in [4.69, 9.17) is 14.2 Å². The third-order valence-electron chi connectivity index (χ3n) is 12.0. The number of unbranched alkanes of at least 4 members (excludes halogenated alkanes) is 18. The summed E-state index contributed by atoms with van der Waals surface area (Å²) >= 11 is 0. The molecule has 0 N–H and O–H groups in total. The molecule has 0 aromatic heterocycles. The van der Waals surface area contributed by atoms with E-state index in [0.29, 0.717) is 44.0 Å². The molecular weight excluding hydrogens is 695 g/mol. The summed E-state index contributed by atoms with van der Waals surface area (Å²) in [7, 11) is 0. The molecule has 0 radical (unpaired) electrons. The van der Waals surface area contributed by atoms with Gasteiger partial charge in [-0.25, -0.2) is 0 Å². The van der Waals surface area contributed by atoms with Crippen molar-refractivity contribution in [2.24, 2.45) is 11.8 Å². The summed E-state index contributed by atoms with van der Waals surface area (Å²) in [6.45, 7) is 18.9. The lowest BCUT2D eigenvalue weighted by Gasteiger charge is -2.21. The molecule has 0 unspecified atom stereocenters.